The van der Waals surface area contributed by atoms with Gasteiger partial charge < -0.3 is 9.64 Å². The summed E-state index contributed by atoms with van der Waals surface area (Å²) < 4.78 is 31.8. The molecule has 2 fully saturated rings. The topological polar surface area (TPSA) is 81.5 Å². The van der Waals surface area contributed by atoms with E-state index in [1.807, 2.05) is 20.0 Å². The van der Waals surface area contributed by atoms with Gasteiger partial charge in [0.1, 0.15) is 6.10 Å². The van der Waals surface area contributed by atoms with Crippen LogP contribution in [0.3, 0.4) is 0 Å². The van der Waals surface area contributed by atoms with Crippen LogP contribution in [0.1, 0.15) is 44.7 Å². The van der Waals surface area contributed by atoms with E-state index in [1.54, 1.807) is 15.8 Å². The number of aryl methyl sites for hydroxylation is 1. The molecule has 0 saturated carbocycles. The summed E-state index contributed by atoms with van der Waals surface area (Å²) >= 11 is 0. The second-order valence-corrected chi connectivity index (χ2v) is 8.75. The number of carbonyl (C=O) groups excluding carboxylic acids is 1. The normalized spacial score (nSPS) is 29.8. The summed E-state index contributed by atoms with van der Waals surface area (Å²) in [6.45, 7) is 4.94. The molecular formula is C16H25N3O4S. The average Bonchev–Trinajstić information content (AvgIpc) is 3.22. The monoisotopic (exact) mass is 355 g/mol. The first-order chi connectivity index (χ1) is 11.4. The van der Waals surface area contributed by atoms with E-state index in [0.29, 0.717) is 13.0 Å². The summed E-state index contributed by atoms with van der Waals surface area (Å²) in [6, 6.07) is -0.471. The van der Waals surface area contributed by atoms with E-state index in [0.717, 1.165) is 18.4 Å². The molecule has 0 aliphatic carbocycles. The summed E-state index contributed by atoms with van der Waals surface area (Å²) in [5.74, 6) is -0.116. The number of ether oxygens (including phenoxy) is 1. The fourth-order valence-electron chi connectivity index (χ4n) is 3.44. The van der Waals surface area contributed by atoms with Crippen molar-refractivity contribution in [3.8, 4) is 0 Å². The minimum absolute atomic E-state index is 0.0150. The van der Waals surface area contributed by atoms with Gasteiger partial charge in [-0.3, -0.25) is 9.48 Å². The van der Waals surface area contributed by atoms with Crippen LogP contribution in [0.4, 0.5) is 0 Å². The maximum Gasteiger partial charge on any atom is 0.252 e. The summed E-state index contributed by atoms with van der Waals surface area (Å²) in [4.78, 5) is 14.6. The highest BCUT2D eigenvalue weighted by Gasteiger charge is 2.40. The van der Waals surface area contributed by atoms with Crippen molar-refractivity contribution in [3.05, 3.63) is 18.0 Å². The van der Waals surface area contributed by atoms with Gasteiger partial charge >= 0.3 is 0 Å². The third kappa shape index (κ3) is 3.49. The molecule has 2 saturated heterocycles. The van der Waals surface area contributed by atoms with Crippen LogP contribution < -0.4 is 0 Å². The van der Waals surface area contributed by atoms with Gasteiger partial charge in [-0.15, -0.1) is 0 Å². The third-order valence-corrected chi connectivity index (χ3v) is 6.54. The fraction of sp³-hybridized carbons (Fsp3) is 0.750. The molecular weight excluding hydrogens is 330 g/mol. The molecule has 2 aliphatic heterocycles. The molecule has 134 valence electrons. The Morgan fingerprint density at radius 3 is 2.79 bits per heavy atom. The van der Waals surface area contributed by atoms with E-state index in [2.05, 4.69) is 5.10 Å². The van der Waals surface area contributed by atoms with Crippen LogP contribution in [-0.4, -0.2) is 59.3 Å². The van der Waals surface area contributed by atoms with Crippen LogP contribution in [0.25, 0.3) is 0 Å². The molecule has 3 unspecified atom stereocenters. The number of sulfone groups is 1. The first-order valence-electron chi connectivity index (χ1n) is 8.62. The van der Waals surface area contributed by atoms with E-state index in [-0.39, 0.29) is 30.1 Å². The molecule has 1 aromatic heterocycles. The van der Waals surface area contributed by atoms with E-state index in [4.69, 9.17) is 4.74 Å². The number of amides is 1. The fourth-order valence-corrected chi connectivity index (χ4v) is 4.94. The number of carbonyl (C=O) groups is 1. The summed E-state index contributed by atoms with van der Waals surface area (Å²) in [5, 5.41) is 4.23. The van der Waals surface area contributed by atoms with Gasteiger partial charge in [-0.25, -0.2) is 8.42 Å². The maximum absolute atomic E-state index is 12.9. The van der Waals surface area contributed by atoms with Crippen LogP contribution in [0, 0.1) is 0 Å². The van der Waals surface area contributed by atoms with E-state index in [1.165, 1.54) is 0 Å². The van der Waals surface area contributed by atoms with Crippen molar-refractivity contribution < 1.29 is 17.9 Å². The molecule has 0 aromatic carbocycles. The van der Waals surface area contributed by atoms with Crippen molar-refractivity contribution in [1.82, 2.24) is 14.7 Å². The van der Waals surface area contributed by atoms with E-state index >= 15 is 0 Å². The van der Waals surface area contributed by atoms with Crippen LogP contribution in [0.5, 0.6) is 0 Å². The first kappa shape index (κ1) is 17.4. The molecule has 0 N–H and O–H groups in total. The Labute approximate surface area is 142 Å². The average molecular weight is 355 g/mol. The maximum atomic E-state index is 12.9. The summed E-state index contributed by atoms with van der Waals surface area (Å²) in [7, 11) is -3.15. The van der Waals surface area contributed by atoms with Gasteiger partial charge in [-0.05, 0) is 26.2 Å². The van der Waals surface area contributed by atoms with E-state index in [9.17, 15) is 13.2 Å². The third-order valence-electron chi connectivity index (χ3n) is 4.91. The standard InChI is InChI=1S/C16H25N3O4S/c1-3-13-5-6-15(23-13)16(20)19-7-8-24(21,22)11-14(19)12-9-17-18(4-2)10-12/h9-10,13-15H,3-8,11H2,1-2H3. The molecule has 0 spiro atoms. The lowest BCUT2D eigenvalue weighted by Crippen LogP contribution is -2.49. The molecule has 0 radical (unpaired) electrons. The predicted molar refractivity (Wildman–Crippen MR) is 89.2 cm³/mol. The largest absolute Gasteiger partial charge is 0.365 e. The summed E-state index contributed by atoms with van der Waals surface area (Å²) in [6.07, 6.45) is 5.67. The first-order valence-corrected chi connectivity index (χ1v) is 10.4. The second-order valence-electron chi connectivity index (χ2n) is 6.52. The SMILES string of the molecule is CCC1CCC(C(=O)N2CCS(=O)(=O)CC2c2cnn(CC)c2)O1. The molecule has 7 nitrogen and oxygen atoms in total. The van der Waals surface area contributed by atoms with Gasteiger partial charge in [0.2, 0.25) is 0 Å². The van der Waals surface area contributed by atoms with Gasteiger partial charge in [0.25, 0.3) is 5.91 Å². The van der Waals surface area contributed by atoms with Crippen LogP contribution in [0.15, 0.2) is 12.4 Å². The Morgan fingerprint density at radius 2 is 2.17 bits per heavy atom. The molecule has 3 heterocycles. The Bertz CT molecular complexity index is 700. The molecule has 3 rings (SSSR count). The van der Waals surface area contributed by atoms with Gasteiger partial charge in [-0.1, -0.05) is 6.92 Å². The molecule has 0 bridgehead atoms. The van der Waals surface area contributed by atoms with Crippen molar-refractivity contribution in [3.63, 3.8) is 0 Å². The van der Waals surface area contributed by atoms with Gasteiger partial charge in [-0.2, -0.15) is 5.10 Å². The quantitative estimate of drug-likeness (QED) is 0.809. The Morgan fingerprint density at radius 1 is 1.38 bits per heavy atom. The highest BCUT2D eigenvalue weighted by molar-refractivity contribution is 7.91. The molecule has 24 heavy (non-hydrogen) atoms. The zero-order valence-corrected chi connectivity index (χ0v) is 15.0. The highest BCUT2D eigenvalue weighted by Crippen LogP contribution is 2.30. The minimum atomic E-state index is -3.15. The molecule has 1 aromatic rings. The van der Waals surface area contributed by atoms with Crippen LogP contribution in [0.2, 0.25) is 0 Å². The smallest absolute Gasteiger partial charge is 0.252 e. The zero-order chi connectivity index (χ0) is 17.3. The zero-order valence-electron chi connectivity index (χ0n) is 14.2. The molecule has 2 aliphatic rings. The Balaban J connectivity index is 1.82. The number of rotatable bonds is 4. The lowest BCUT2D eigenvalue weighted by Gasteiger charge is -2.36. The van der Waals surface area contributed by atoms with Crippen molar-refractivity contribution in [1.29, 1.82) is 0 Å². The Kier molecular flexibility index (Phi) is 4.96. The number of aromatic nitrogens is 2. The van der Waals surface area contributed by atoms with Crippen LogP contribution >= 0.6 is 0 Å². The molecule has 8 heteroatoms. The minimum Gasteiger partial charge on any atom is -0.365 e. The van der Waals surface area contributed by atoms with Gasteiger partial charge in [0.15, 0.2) is 9.84 Å². The molecule has 1 amide bonds. The number of hydrogen-bond donors (Lipinski definition) is 0. The van der Waals surface area contributed by atoms with E-state index < -0.39 is 22.0 Å². The van der Waals surface area contributed by atoms with Crippen molar-refractivity contribution >= 4 is 15.7 Å². The number of nitrogens with zero attached hydrogens (tertiary/aromatic N) is 3. The molecule has 3 atom stereocenters. The van der Waals surface area contributed by atoms with Gasteiger partial charge in [0.05, 0.1) is 29.8 Å². The Hall–Kier alpha value is -1.41. The van der Waals surface area contributed by atoms with Crippen molar-refractivity contribution in [2.75, 3.05) is 18.1 Å². The van der Waals surface area contributed by atoms with Crippen LogP contribution in [-0.2, 0) is 25.9 Å². The van der Waals surface area contributed by atoms with Crippen molar-refractivity contribution in [2.24, 2.45) is 0 Å². The highest BCUT2D eigenvalue weighted by atomic mass is 32.2. The lowest BCUT2D eigenvalue weighted by molar-refractivity contribution is -0.145. The second kappa shape index (κ2) is 6.84. The van der Waals surface area contributed by atoms with Crippen molar-refractivity contribution in [2.45, 2.75) is 57.9 Å². The predicted octanol–water partition coefficient (Wildman–Crippen LogP) is 1.16. The summed E-state index contributed by atoms with van der Waals surface area (Å²) in [5.41, 5.74) is 0.776. The van der Waals surface area contributed by atoms with Gasteiger partial charge in [0, 0.05) is 24.8 Å². The number of hydrogen-bond acceptors (Lipinski definition) is 5. The lowest BCUT2D eigenvalue weighted by atomic mass is 10.1.